The molecule has 1 saturated carbocycles. The molecule has 1 atom stereocenters. The lowest BCUT2D eigenvalue weighted by molar-refractivity contribution is -0.146. The fourth-order valence-corrected chi connectivity index (χ4v) is 4.41. The largest absolute Gasteiger partial charge is 0.361 e. The quantitative estimate of drug-likeness (QED) is 0.360. The molecule has 4 N–H and O–H groups in total. The zero-order valence-corrected chi connectivity index (χ0v) is 21.8. The summed E-state index contributed by atoms with van der Waals surface area (Å²) in [7, 11) is 0. The third-order valence-electron chi connectivity index (χ3n) is 6.74. The standard InChI is InChI=1S/C28H35N5O5/c1-3-19(2)21-14-16-22(17-15-21)32(33(31-26(36)25(29)35)23-12-8-5-9-13-23)28(38)27(37)30-24(34)18-20-10-6-4-7-11-20/h4,6-7,10-11,14-17,19,23H,3,5,8-9,12-13,18H2,1-2H3,(H2,29,35)(H,31,36)(H,30,34,37). The summed E-state index contributed by atoms with van der Waals surface area (Å²) in [5.41, 5.74) is 9.63. The predicted octanol–water partition coefficient (Wildman–Crippen LogP) is 2.48. The number of nitrogens with two attached hydrogens (primary N) is 1. The van der Waals surface area contributed by atoms with Crippen molar-refractivity contribution in [2.75, 3.05) is 5.01 Å². The van der Waals surface area contributed by atoms with Crippen LogP contribution in [0.2, 0.25) is 0 Å². The van der Waals surface area contributed by atoms with Gasteiger partial charge in [0.1, 0.15) is 0 Å². The smallest absolute Gasteiger partial charge is 0.332 e. The van der Waals surface area contributed by atoms with Crippen molar-refractivity contribution in [3.63, 3.8) is 0 Å². The van der Waals surface area contributed by atoms with Gasteiger partial charge in [-0.1, -0.05) is 75.6 Å². The highest BCUT2D eigenvalue weighted by molar-refractivity contribution is 6.42. The summed E-state index contributed by atoms with van der Waals surface area (Å²) in [5.74, 6) is -4.97. The highest BCUT2D eigenvalue weighted by atomic mass is 16.2. The van der Waals surface area contributed by atoms with Crippen LogP contribution in [0, 0.1) is 0 Å². The van der Waals surface area contributed by atoms with Crippen molar-refractivity contribution >= 4 is 35.2 Å². The van der Waals surface area contributed by atoms with E-state index in [9.17, 15) is 24.0 Å². The molecule has 0 saturated heterocycles. The number of rotatable bonds is 8. The number of carbonyl (C=O) groups excluding carboxylic acids is 5. The highest BCUT2D eigenvalue weighted by Gasteiger charge is 2.36. The second-order valence-corrected chi connectivity index (χ2v) is 9.50. The van der Waals surface area contributed by atoms with E-state index >= 15 is 0 Å². The molecule has 3 rings (SSSR count). The maximum absolute atomic E-state index is 13.6. The van der Waals surface area contributed by atoms with Gasteiger partial charge < -0.3 is 5.73 Å². The minimum atomic E-state index is -1.23. The van der Waals surface area contributed by atoms with Crippen LogP contribution in [0.15, 0.2) is 54.6 Å². The molecule has 202 valence electrons. The van der Waals surface area contributed by atoms with Crippen LogP contribution in [0.4, 0.5) is 5.69 Å². The van der Waals surface area contributed by atoms with Crippen LogP contribution in [0.5, 0.6) is 0 Å². The van der Waals surface area contributed by atoms with Gasteiger partial charge in [-0.25, -0.2) is 5.01 Å². The molecule has 0 spiro atoms. The average Bonchev–Trinajstić information content (AvgIpc) is 2.93. The second kappa shape index (κ2) is 13.5. The van der Waals surface area contributed by atoms with Crippen LogP contribution in [0.1, 0.15) is 69.4 Å². The molecule has 10 nitrogen and oxygen atoms in total. The molecule has 0 aromatic heterocycles. The van der Waals surface area contributed by atoms with Crippen molar-refractivity contribution in [2.45, 2.75) is 70.8 Å². The fourth-order valence-electron chi connectivity index (χ4n) is 4.41. The summed E-state index contributed by atoms with van der Waals surface area (Å²) in [5, 5.41) is 4.38. The number of imide groups is 1. The molecule has 1 aliphatic rings. The molecule has 10 heteroatoms. The summed E-state index contributed by atoms with van der Waals surface area (Å²) < 4.78 is 0. The van der Waals surface area contributed by atoms with Crippen LogP contribution in [0.25, 0.3) is 0 Å². The van der Waals surface area contributed by atoms with Crippen molar-refractivity contribution in [1.82, 2.24) is 15.9 Å². The van der Waals surface area contributed by atoms with E-state index in [-0.39, 0.29) is 18.4 Å². The van der Waals surface area contributed by atoms with Gasteiger partial charge in [-0.2, -0.15) is 0 Å². The molecule has 38 heavy (non-hydrogen) atoms. The van der Waals surface area contributed by atoms with Gasteiger partial charge in [-0.3, -0.25) is 34.7 Å². The molecule has 1 fully saturated rings. The van der Waals surface area contributed by atoms with Crippen LogP contribution in [-0.4, -0.2) is 40.7 Å². The molecule has 5 amide bonds. The van der Waals surface area contributed by atoms with E-state index in [1.54, 1.807) is 42.5 Å². The molecule has 0 heterocycles. The number of benzene rings is 2. The topological polar surface area (TPSA) is 142 Å². The second-order valence-electron chi connectivity index (χ2n) is 9.50. The van der Waals surface area contributed by atoms with Crippen molar-refractivity contribution in [2.24, 2.45) is 5.73 Å². The Morgan fingerprint density at radius 3 is 2.13 bits per heavy atom. The monoisotopic (exact) mass is 521 g/mol. The molecule has 0 bridgehead atoms. The van der Waals surface area contributed by atoms with Gasteiger partial charge >= 0.3 is 23.6 Å². The Morgan fingerprint density at radius 1 is 0.921 bits per heavy atom. The van der Waals surface area contributed by atoms with Gasteiger partial charge in [0.25, 0.3) is 0 Å². The normalized spacial score (nSPS) is 14.4. The van der Waals surface area contributed by atoms with E-state index in [1.807, 2.05) is 12.1 Å². The molecular weight excluding hydrogens is 486 g/mol. The zero-order chi connectivity index (χ0) is 27.7. The number of amides is 5. The van der Waals surface area contributed by atoms with Gasteiger partial charge in [0.15, 0.2) is 0 Å². The maximum Gasteiger partial charge on any atom is 0.332 e. The number of primary amides is 1. The fraction of sp³-hybridized carbons (Fsp3) is 0.393. The Bertz CT molecular complexity index is 1150. The lowest BCUT2D eigenvalue weighted by Crippen LogP contribution is -2.64. The molecule has 1 aliphatic carbocycles. The van der Waals surface area contributed by atoms with Gasteiger partial charge in [0.2, 0.25) is 5.91 Å². The predicted molar refractivity (Wildman–Crippen MR) is 142 cm³/mol. The van der Waals surface area contributed by atoms with Gasteiger partial charge in [-0.05, 0) is 48.4 Å². The van der Waals surface area contributed by atoms with Crippen molar-refractivity contribution in [3.8, 4) is 0 Å². The van der Waals surface area contributed by atoms with Gasteiger partial charge in [0.05, 0.1) is 18.2 Å². The minimum absolute atomic E-state index is 0.0891. The summed E-state index contributed by atoms with van der Waals surface area (Å²) in [4.78, 5) is 63.1. The summed E-state index contributed by atoms with van der Waals surface area (Å²) in [6.45, 7) is 4.14. The molecule has 0 radical (unpaired) electrons. The lowest BCUT2D eigenvalue weighted by Gasteiger charge is -2.40. The third kappa shape index (κ3) is 7.48. The van der Waals surface area contributed by atoms with Gasteiger partial charge in [-0.15, -0.1) is 5.12 Å². The summed E-state index contributed by atoms with van der Waals surface area (Å²) in [6, 6.07) is 15.5. The number of anilines is 1. The Morgan fingerprint density at radius 2 is 1.55 bits per heavy atom. The van der Waals surface area contributed by atoms with Crippen molar-refractivity contribution < 1.29 is 24.0 Å². The third-order valence-corrected chi connectivity index (χ3v) is 6.74. The zero-order valence-electron chi connectivity index (χ0n) is 21.8. The molecular formula is C28H35N5O5. The number of hydrogen-bond acceptors (Lipinski definition) is 6. The first-order valence-electron chi connectivity index (χ1n) is 12.9. The van der Waals surface area contributed by atoms with Crippen LogP contribution >= 0.6 is 0 Å². The highest BCUT2D eigenvalue weighted by Crippen LogP contribution is 2.28. The molecule has 0 aliphatic heterocycles. The molecule has 1 unspecified atom stereocenters. The Kier molecular flexibility index (Phi) is 10.1. The first kappa shape index (κ1) is 28.5. The van der Waals surface area contributed by atoms with E-state index in [0.717, 1.165) is 36.3 Å². The number of carbonyl (C=O) groups is 5. The Balaban J connectivity index is 1.94. The van der Waals surface area contributed by atoms with E-state index in [0.29, 0.717) is 24.1 Å². The lowest BCUT2D eigenvalue weighted by atomic mass is 9.95. The Labute approximate surface area is 222 Å². The number of nitrogens with one attached hydrogen (secondary N) is 2. The van der Waals surface area contributed by atoms with Crippen LogP contribution in [-0.2, 0) is 30.4 Å². The molecule has 2 aromatic carbocycles. The van der Waals surface area contributed by atoms with Crippen LogP contribution < -0.4 is 21.5 Å². The van der Waals surface area contributed by atoms with E-state index in [2.05, 4.69) is 24.6 Å². The Hall–Kier alpha value is -4.05. The molecule has 2 aromatic rings. The van der Waals surface area contributed by atoms with Crippen LogP contribution in [0.3, 0.4) is 0 Å². The van der Waals surface area contributed by atoms with Gasteiger partial charge in [0, 0.05) is 0 Å². The number of hydrazine groups is 2. The summed E-state index contributed by atoms with van der Waals surface area (Å²) >= 11 is 0. The first-order valence-corrected chi connectivity index (χ1v) is 12.9. The first-order chi connectivity index (χ1) is 18.2. The van der Waals surface area contributed by atoms with Crippen molar-refractivity contribution in [1.29, 1.82) is 0 Å². The number of hydrogen-bond donors (Lipinski definition) is 3. The summed E-state index contributed by atoms with van der Waals surface area (Å²) in [6.07, 6.45) is 4.71. The number of nitrogens with zero attached hydrogens (tertiary/aromatic N) is 2. The van der Waals surface area contributed by atoms with E-state index in [1.165, 1.54) is 5.12 Å². The maximum atomic E-state index is 13.6. The average molecular weight is 522 g/mol. The van der Waals surface area contributed by atoms with Crippen molar-refractivity contribution in [3.05, 3.63) is 65.7 Å². The van der Waals surface area contributed by atoms with E-state index in [4.69, 9.17) is 5.73 Å². The van der Waals surface area contributed by atoms with E-state index < -0.39 is 29.5 Å². The minimum Gasteiger partial charge on any atom is -0.361 e. The SMILES string of the molecule is CCC(C)c1ccc(N(C(=O)C(=O)NC(=O)Cc2ccccc2)N(NC(=O)C(N)=O)C2CCCCC2)cc1.